The lowest BCUT2D eigenvalue weighted by molar-refractivity contribution is 0.216. The molecule has 0 bridgehead atoms. The van der Waals surface area contributed by atoms with Crippen LogP contribution in [0.5, 0.6) is 0 Å². The summed E-state index contributed by atoms with van der Waals surface area (Å²) in [5.41, 5.74) is 0.720. The van der Waals surface area contributed by atoms with E-state index in [-0.39, 0.29) is 0 Å². The number of hydrogen-bond acceptors (Lipinski definition) is 5. The zero-order valence-corrected chi connectivity index (χ0v) is 6.14. The van der Waals surface area contributed by atoms with Crippen molar-refractivity contribution in [1.82, 2.24) is 4.72 Å². The van der Waals surface area contributed by atoms with Crippen LogP contribution in [0.25, 0.3) is 0 Å². The van der Waals surface area contributed by atoms with Crippen molar-refractivity contribution < 1.29 is 9.02 Å². The molecule has 1 heterocycles. The summed E-state index contributed by atoms with van der Waals surface area (Å²) in [7, 11) is 1.46. The van der Waals surface area contributed by atoms with E-state index in [4.69, 9.17) is 4.18 Å². The third-order valence-electron chi connectivity index (χ3n) is 0.747. The van der Waals surface area contributed by atoms with Gasteiger partial charge in [-0.2, -0.15) is 0 Å². The summed E-state index contributed by atoms with van der Waals surface area (Å²) in [6.07, 6.45) is 3.23. The summed E-state index contributed by atoms with van der Waals surface area (Å²) in [6, 6.07) is 0. The summed E-state index contributed by atoms with van der Waals surface area (Å²) < 4.78 is 7.55. The van der Waals surface area contributed by atoms with Gasteiger partial charge in [0.05, 0.1) is 5.87 Å². The second-order valence-corrected chi connectivity index (χ2v) is 1.95. The standard InChI is InChI=1S/C5H6N2O2S/c1-8-6-4-5-2-3-9-10-7-5/h2-3,7H,1H3. The first-order chi connectivity index (χ1) is 4.93. The minimum absolute atomic E-state index is 0.720. The third-order valence-corrected chi connectivity index (χ3v) is 1.26. The Morgan fingerprint density at radius 3 is 3.40 bits per heavy atom. The average molecular weight is 158 g/mol. The quantitative estimate of drug-likeness (QED) is 0.265. The molecule has 0 spiro atoms. The summed E-state index contributed by atoms with van der Waals surface area (Å²) in [5.74, 6) is 2.59. The van der Waals surface area contributed by atoms with Crippen LogP contribution in [0.2, 0.25) is 0 Å². The van der Waals surface area contributed by atoms with E-state index in [1.54, 1.807) is 6.08 Å². The number of rotatable bonds is 1. The largest absolute Gasteiger partial charge is 0.413 e. The van der Waals surface area contributed by atoms with Gasteiger partial charge >= 0.3 is 0 Å². The molecule has 0 unspecified atom stereocenters. The van der Waals surface area contributed by atoms with Crippen LogP contribution in [0.15, 0.2) is 23.2 Å². The van der Waals surface area contributed by atoms with Crippen molar-refractivity contribution in [3.8, 4) is 0 Å². The molecule has 0 amide bonds. The fraction of sp³-hybridized carbons (Fsp3) is 0.200. The van der Waals surface area contributed by atoms with E-state index in [0.717, 1.165) is 17.9 Å². The Morgan fingerprint density at radius 1 is 1.90 bits per heavy atom. The van der Waals surface area contributed by atoms with Crippen molar-refractivity contribution in [3.05, 3.63) is 18.0 Å². The Kier molecular flexibility index (Phi) is 2.73. The van der Waals surface area contributed by atoms with Crippen molar-refractivity contribution in [2.45, 2.75) is 0 Å². The molecule has 1 aliphatic heterocycles. The van der Waals surface area contributed by atoms with Gasteiger partial charge in [0, 0.05) is 6.08 Å². The lowest BCUT2D eigenvalue weighted by Crippen LogP contribution is -2.05. The number of nitrogens with one attached hydrogen (secondary N) is 1. The first kappa shape index (κ1) is 7.05. The van der Waals surface area contributed by atoms with Crippen molar-refractivity contribution in [1.29, 1.82) is 0 Å². The molecule has 0 saturated carbocycles. The van der Waals surface area contributed by atoms with Gasteiger partial charge in [-0.05, 0) is 5.16 Å². The summed E-state index contributed by atoms with van der Waals surface area (Å²) in [5, 5.41) is 3.43. The molecular weight excluding hydrogens is 152 g/mol. The van der Waals surface area contributed by atoms with Gasteiger partial charge in [-0.25, -0.2) is 0 Å². The predicted octanol–water partition coefficient (Wildman–Crippen LogP) is 0.798. The molecule has 1 N–H and O–H groups in total. The Bertz CT molecular complexity index is 196. The van der Waals surface area contributed by atoms with Crippen LogP contribution in [-0.4, -0.2) is 13.0 Å². The van der Waals surface area contributed by atoms with Crippen LogP contribution in [0.3, 0.4) is 0 Å². The second-order valence-electron chi connectivity index (χ2n) is 1.38. The minimum Gasteiger partial charge on any atom is -0.413 e. The van der Waals surface area contributed by atoms with Crippen LogP contribution in [-0.2, 0) is 9.02 Å². The summed E-state index contributed by atoms with van der Waals surface area (Å²) in [6.45, 7) is 0. The van der Waals surface area contributed by atoms with E-state index in [9.17, 15) is 0 Å². The minimum atomic E-state index is 0.720. The molecular formula is C5H6N2O2S. The molecule has 0 radical (unpaired) electrons. The zero-order valence-electron chi connectivity index (χ0n) is 5.33. The smallest absolute Gasteiger partial charge is 0.176 e. The van der Waals surface area contributed by atoms with Crippen LogP contribution >= 0.6 is 12.2 Å². The molecule has 1 rings (SSSR count). The molecule has 0 saturated heterocycles. The molecule has 10 heavy (non-hydrogen) atoms. The number of hydrogen-bond donors (Lipinski definition) is 1. The lowest BCUT2D eigenvalue weighted by Gasteiger charge is -2.04. The van der Waals surface area contributed by atoms with Gasteiger partial charge in [0.25, 0.3) is 0 Å². The topological polar surface area (TPSA) is 42.9 Å². The fourth-order valence-electron chi connectivity index (χ4n) is 0.381. The Labute approximate surface area is 62.9 Å². The molecule has 0 aromatic heterocycles. The van der Waals surface area contributed by atoms with E-state index >= 15 is 0 Å². The predicted molar refractivity (Wildman–Crippen MR) is 38.9 cm³/mol. The van der Waals surface area contributed by atoms with E-state index < -0.39 is 0 Å². The molecule has 0 aromatic rings. The van der Waals surface area contributed by atoms with Crippen molar-refractivity contribution in [3.63, 3.8) is 0 Å². The van der Waals surface area contributed by atoms with Crippen molar-refractivity contribution in [2.24, 2.45) is 5.16 Å². The normalized spacial score (nSPS) is 14.7. The van der Waals surface area contributed by atoms with Crippen LogP contribution in [0, 0.1) is 0 Å². The molecule has 0 aromatic carbocycles. The fourth-order valence-corrected chi connectivity index (χ4v) is 0.744. The Balaban J connectivity index is 2.62. The monoisotopic (exact) mass is 158 g/mol. The van der Waals surface area contributed by atoms with Gasteiger partial charge < -0.3 is 9.02 Å². The van der Waals surface area contributed by atoms with Gasteiger partial charge in [-0.1, -0.05) is 0 Å². The summed E-state index contributed by atoms with van der Waals surface area (Å²) in [4.78, 5) is 4.41. The maximum Gasteiger partial charge on any atom is 0.176 e. The molecule has 1 aliphatic rings. The highest BCUT2D eigenvalue weighted by molar-refractivity contribution is 7.92. The highest BCUT2D eigenvalue weighted by Crippen LogP contribution is 2.07. The lowest BCUT2D eigenvalue weighted by atomic mass is 10.5. The highest BCUT2D eigenvalue weighted by atomic mass is 32.2. The Morgan fingerprint density at radius 2 is 2.80 bits per heavy atom. The third kappa shape index (κ3) is 2.05. The highest BCUT2D eigenvalue weighted by Gasteiger charge is 1.96. The maximum absolute atomic E-state index is 4.76. The SMILES string of the molecule is CON=C=C1C=COSN1. The van der Waals surface area contributed by atoms with Crippen LogP contribution < -0.4 is 4.72 Å². The van der Waals surface area contributed by atoms with E-state index in [1.807, 2.05) is 0 Å². The van der Waals surface area contributed by atoms with Gasteiger partial charge in [-0.15, -0.1) is 0 Å². The van der Waals surface area contributed by atoms with Gasteiger partial charge in [0.15, 0.2) is 12.2 Å². The zero-order chi connectivity index (χ0) is 7.23. The van der Waals surface area contributed by atoms with E-state index in [2.05, 4.69) is 20.6 Å². The van der Waals surface area contributed by atoms with E-state index in [1.165, 1.54) is 13.4 Å². The average Bonchev–Trinajstić information content (AvgIpc) is 2.03. The van der Waals surface area contributed by atoms with E-state index in [0.29, 0.717) is 0 Å². The van der Waals surface area contributed by atoms with Gasteiger partial charge in [0.1, 0.15) is 19.1 Å². The molecule has 0 aliphatic carbocycles. The molecule has 5 heteroatoms. The van der Waals surface area contributed by atoms with Gasteiger partial charge in [0.2, 0.25) is 0 Å². The first-order valence-electron chi connectivity index (χ1n) is 2.54. The Hall–Kier alpha value is -1.06. The van der Waals surface area contributed by atoms with Crippen LogP contribution in [0.4, 0.5) is 0 Å². The van der Waals surface area contributed by atoms with Gasteiger partial charge in [-0.3, -0.25) is 4.72 Å². The first-order valence-corrected chi connectivity index (χ1v) is 3.28. The van der Waals surface area contributed by atoms with Crippen LogP contribution in [0.1, 0.15) is 0 Å². The van der Waals surface area contributed by atoms with Crippen molar-refractivity contribution in [2.75, 3.05) is 7.11 Å². The molecule has 0 fully saturated rings. The number of allylic oxidation sites excluding steroid dienone is 1. The molecule has 4 nitrogen and oxygen atoms in total. The summed E-state index contributed by atoms with van der Waals surface area (Å²) >= 11 is 1.10. The number of nitrogens with zero attached hydrogens (tertiary/aromatic N) is 1. The maximum atomic E-state index is 4.76. The second kappa shape index (κ2) is 3.87. The molecule has 54 valence electrons. The van der Waals surface area contributed by atoms with Crippen molar-refractivity contribution >= 4 is 18.1 Å². The molecule has 0 atom stereocenters.